The number of nitrogens with one attached hydrogen (secondary N) is 3. The molecule has 0 spiro atoms. The van der Waals surface area contributed by atoms with Gasteiger partial charge in [-0.1, -0.05) is 23.8 Å². The number of pyridine rings is 1. The van der Waals surface area contributed by atoms with E-state index in [1.807, 2.05) is 56.3 Å². The lowest BCUT2D eigenvalue weighted by molar-refractivity contribution is 0.0950. The van der Waals surface area contributed by atoms with Crippen molar-refractivity contribution in [1.29, 1.82) is 0 Å². The fraction of sp³-hybridized carbons (Fsp3) is 0.200. The average molecular weight is 425 g/mol. The molecule has 2 aromatic heterocycles. The summed E-state index contributed by atoms with van der Waals surface area (Å²) in [6.07, 6.45) is 2.09. The highest BCUT2D eigenvalue weighted by atomic mass is 16.2. The summed E-state index contributed by atoms with van der Waals surface area (Å²) < 4.78 is 0. The Labute approximate surface area is 185 Å². The van der Waals surface area contributed by atoms with Crippen LogP contribution in [0, 0.1) is 13.8 Å². The van der Waals surface area contributed by atoms with Crippen LogP contribution >= 0.6 is 0 Å². The summed E-state index contributed by atoms with van der Waals surface area (Å²) in [7, 11) is 0. The Balaban J connectivity index is 1.42. The highest BCUT2D eigenvalue weighted by molar-refractivity contribution is 6.07. The molecule has 2 heterocycles. The maximum atomic E-state index is 12.6. The molecular weight excluding hydrogens is 402 g/mol. The Morgan fingerprint density at radius 2 is 1.69 bits per heavy atom. The zero-order chi connectivity index (χ0) is 22.2. The summed E-state index contributed by atoms with van der Waals surface area (Å²) in [5.41, 5.74) is 5.48. The molecule has 5 rings (SSSR count). The molecule has 32 heavy (non-hydrogen) atoms. The Kier molecular flexibility index (Phi) is 4.93. The minimum absolute atomic E-state index is 0.0579. The van der Waals surface area contributed by atoms with Gasteiger partial charge in [0, 0.05) is 22.7 Å². The molecule has 0 saturated heterocycles. The highest BCUT2D eigenvalue weighted by Crippen LogP contribution is 2.28. The second kappa shape index (κ2) is 7.92. The first-order chi connectivity index (χ1) is 15.5. The fourth-order valence-electron chi connectivity index (χ4n) is 3.57. The van der Waals surface area contributed by atoms with Gasteiger partial charge < -0.3 is 10.6 Å². The summed E-state index contributed by atoms with van der Waals surface area (Å²) in [5, 5.41) is 13.7. The lowest BCUT2D eigenvalue weighted by Crippen LogP contribution is -2.25. The summed E-state index contributed by atoms with van der Waals surface area (Å²) in [6, 6.07) is 17.1. The molecule has 7 heteroatoms. The first kappa shape index (κ1) is 19.9. The lowest BCUT2D eigenvalue weighted by Gasteiger charge is -2.09. The molecule has 2 aromatic carbocycles. The molecule has 3 N–H and O–H groups in total. The van der Waals surface area contributed by atoms with Gasteiger partial charge in [0.1, 0.15) is 0 Å². The van der Waals surface area contributed by atoms with Crippen molar-refractivity contribution in [3.8, 4) is 11.3 Å². The minimum Gasteiger partial charge on any atom is -0.349 e. The van der Waals surface area contributed by atoms with Gasteiger partial charge >= 0.3 is 0 Å². The van der Waals surface area contributed by atoms with Crippen LogP contribution in [0.15, 0.2) is 54.6 Å². The number of aryl methyl sites for hydroxylation is 2. The number of carbonyl (C=O) groups excluding carboxylic acids is 2. The molecule has 1 saturated carbocycles. The maximum absolute atomic E-state index is 12.6. The van der Waals surface area contributed by atoms with Crippen molar-refractivity contribution in [3.05, 3.63) is 76.9 Å². The van der Waals surface area contributed by atoms with E-state index in [4.69, 9.17) is 4.98 Å². The summed E-state index contributed by atoms with van der Waals surface area (Å²) in [5.74, 6) is 0.143. The molecule has 0 bridgehead atoms. The monoisotopic (exact) mass is 425 g/mol. The number of fused-ring (bicyclic) bond motifs is 1. The molecule has 1 aliphatic carbocycles. The largest absolute Gasteiger partial charge is 0.349 e. The van der Waals surface area contributed by atoms with Crippen molar-refractivity contribution in [2.45, 2.75) is 32.7 Å². The number of nitrogens with zero attached hydrogens (tertiary/aromatic N) is 2. The van der Waals surface area contributed by atoms with Gasteiger partial charge in [0.25, 0.3) is 11.8 Å². The number of hydrogen-bond donors (Lipinski definition) is 3. The Morgan fingerprint density at radius 3 is 2.44 bits per heavy atom. The van der Waals surface area contributed by atoms with Crippen molar-refractivity contribution in [2.75, 3.05) is 5.32 Å². The van der Waals surface area contributed by atoms with Crippen LogP contribution in [0.25, 0.3) is 22.3 Å². The molecule has 2 amide bonds. The van der Waals surface area contributed by atoms with Crippen LogP contribution in [0.2, 0.25) is 0 Å². The van der Waals surface area contributed by atoms with Gasteiger partial charge in [0.05, 0.1) is 11.1 Å². The molecule has 7 nitrogen and oxygen atoms in total. The van der Waals surface area contributed by atoms with E-state index < -0.39 is 0 Å². The zero-order valence-electron chi connectivity index (χ0n) is 17.9. The van der Waals surface area contributed by atoms with Crippen molar-refractivity contribution in [3.63, 3.8) is 0 Å². The van der Waals surface area contributed by atoms with Crippen molar-refractivity contribution < 1.29 is 9.59 Å². The van der Waals surface area contributed by atoms with Crippen LogP contribution in [-0.2, 0) is 0 Å². The van der Waals surface area contributed by atoms with E-state index in [1.54, 1.807) is 12.1 Å². The standard InChI is InChI=1S/C25H23N5O2/c1-14-3-6-16(7-4-14)24(31)28-23-19-11-12-21(27-22(19)29-30-23)20-13-17(8-5-15(20)2)25(32)26-18-9-10-18/h3-8,11-13,18H,9-10H2,1-2H3,(H,26,32)(H2,27,28,29,30,31). The van der Waals surface area contributed by atoms with Crippen molar-refractivity contribution in [1.82, 2.24) is 20.5 Å². The number of anilines is 1. The quantitative estimate of drug-likeness (QED) is 0.442. The number of rotatable bonds is 5. The van der Waals surface area contributed by atoms with Crippen LogP contribution < -0.4 is 10.6 Å². The molecular formula is C25H23N5O2. The van der Waals surface area contributed by atoms with E-state index in [0.29, 0.717) is 28.6 Å². The van der Waals surface area contributed by atoms with E-state index in [9.17, 15) is 9.59 Å². The highest BCUT2D eigenvalue weighted by Gasteiger charge is 2.24. The van der Waals surface area contributed by atoms with E-state index >= 15 is 0 Å². The second-order valence-electron chi connectivity index (χ2n) is 8.26. The van der Waals surface area contributed by atoms with Crippen LogP contribution in [-0.4, -0.2) is 33.0 Å². The zero-order valence-corrected chi connectivity index (χ0v) is 17.9. The summed E-state index contributed by atoms with van der Waals surface area (Å²) >= 11 is 0. The molecule has 0 aliphatic heterocycles. The van der Waals surface area contributed by atoms with E-state index in [0.717, 1.165) is 40.6 Å². The van der Waals surface area contributed by atoms with Gasteiger partial charge in [-0.2, -0.15) is 5.10 Å². The maximum Gasteiger partial charge on any atom is 0.256 e. The smallest absolute Gasteiger partial charge is 0.256 e. The third-order valence-corrected chi connectivity index (χ3v) is 5.66. The first-order valence-electron chi connectivity index (χ1n) is 10.6. The molecule has 0 unspecified atom stereocenters. The predicted octanol–water partition coefficient (Wildman–Crippen LogP) is 4.39. The molecule has 0 radical (unpaired) electrons. The Hall–Kier alpha value is -4.00. The van der Waals surface area contributed by atoms with Crippen LogP contribution in [0.5, 0.6) is 0 Å². The van der Waals surface area contributed by atoms with Gasteiger partial charge in [-0.3, -0.25) is 14.7 Å². The average Bonchev–Trinajstić information content (AvgIpc) is 3.52. The van der Waals surface area contributed by atoms with Gasteiger partial charge in [-0.15, -0.1) is 0 Å². The molecule has 160 valence electrons. The number of aromatic amines is 1. The third kappa shape index (κ3) is 3.97. The number of carbonyl (C=O) groups is 2. The Bertz CT molecular complexity index is 1340. The predicted molar refractivity (Wildman–Crippen MR) is 124 cm³/mol. The second-order valence-corrected chi connectivity index (χ2v) is 8.26. The van der Waals surface area contributed by atoms with E-state index in [2.05, 4.69) is 20.8 Å². The number of amides is 2. The normalized spacial score (nSPS) is 13.2. The van der Waals surface area contributed by atoms with Gasteiger partial charge in [0.2, 0.25) is 0 Å². The fourth-order valence-corrected chi connectivity index (χ4v) is 3.57. The number of aromatic nitrogens is 3. The van der Waals surface area contributed by atoms with Crippen molar-refractivity contribution >= 4 is 28.7 Å². The van der Waals surface area contributed by atoms with Crippen molar-refractivity contribution in [2.24, 2.45) is 0 Å². The lowest BCUT2D eigenvalue weighted by atomic mass is 10.0. The van der Waals surface area contributed by atoms with E-state index in [1.165, 1.54) is 0 Å². The minimum atomic E-state index is -0.229. The molecule has 0 atom stereocenters. The number of benzene rings is 2. The molecule has 4 aromatic rings. The molecule has 1 fully saturated rings. The van der Waals surface area contributed by atoms with Crippen LogP contribution in [0.3, 0.4) is 0 Å². The summed E-state index contributed by atoms with van der Waals surface area (Å²) in [6.45, 7) is 3.97. The third-order valence-electron chi connectivity index (χ3n) is 5.66. The summed E-state index contributed by atoms with van der Waals surface area (Å²) in [4.78, 5) is 29.7. The Morgan fingerprint density at radius 1 is 0.938 bits per heavy atom. The number of hydrogen-bond acceptors (Lipinski definition) is 4. The molecule has 1 aliphatic rings. The first-order valence-corrected chi connectivity index (χ1v) is 10.6. The van der Waals surface area contributed by atoms with E-state index in [-0.39, 0.29) is 11.8 Å². The van der Waals surface area contributed by atoms with Crippen LogP contribution in [0.1, 0.15) is 44.7 Å². The van der Waals surface area contributed by atoms with Gasteiger partial charge in [-0.25, -0.2) is 4.98 Å². The van der Waals surface area contributed by atoms with Gasteiger partial charge in [-0.05, 0) is 68.7 Å². The van der Waals surface area contributed by atoms with Crippen LogP contribution in [0.4, 0.5) is 5.82 Å². The number of H-pyrrole nitrogens is 1. The topological polar surface area (TPSA) is 99.8 Å². The van der Waals surface area contributed by atoms with Gasteiger partial charge in [0.15, 0.2) is 11.5 Å². The SMILES string of the molecule is Cc1ccc(C(=O)Nc2n[nH]c3nc(-c4cc(C(=O)NC5CC5)ccc4C)ccc23)cc1.